The van der Waals surface area contributed by atoms with Crippen LogP contribution >= 0.6 is 0 Å². The second kappa shape index (κ2) is 6.47. The van der Waals surface area contributed by atoms with Crippen LogP contribution in [0, 0.1) is 17.8 Å². The normalized spacial score (nSPS) is 11.3. The maximum Gasteiger partial charge on any atom is 0.238 e. The van der Waals surface area contributed by atoms with Crippen molar-refractivity contribution in [2.24, 2.45) is 17.8 Å². The van der Waals surface area contributed by atoms with E-state index in [1.54, 1.807) is 7.11 Å². The van der Waals surface area contributed by atoms with E-state index in [0.717, 1.165) is 12.4 Å². The number of pyridine rings is 1. The van der Waals surface area contributed by atoms with Crippen molar-refractivity contribution in [1.29, 1.82) is 0 Å². The molecule has 0 spiro atoms. The number of rotatable bonds is 6. The minimum Gasteiger partial charge on any atom is -0.479 e. The Labute approximate surface area is 110 Å². The molecule has 4 heteroatoms. The molecule has 0 aliphatic rings. The predicted molar refractivity (Wildman–Crippen MR) is 76.9 cm³/mol. The van der Waals surface area contributed by atoms with Crippen LogP contribution in [0.3, 0.4) is 0 Å². The highest BCUT2D eigenvalue weighted by Crippen LogP contribution is 2.23. The van der Waals surface area contributed by atoms with Crippen LogP contribution in [0.25, 0.3) is 0 Å². The second-order valence-corrected chi connectivity index (χ2v) is 5.33. The van der Waals surface area contributed by atoms with Crippen molar-refractivity contribution in [1.82, 2.24) is 4.98 Å². The standard InChI is InChI=1S/C14H25N3O/c1-9(2)11(10(3)4)8-16-13-7-6-12(15)14(17-13)18-5/h6-7,9-11H,8,15H2,1-5H3,(H,16,17). The van der Waals surface area contributed by atoms with Gasteiger partial charge in [-0.1, -0.05) is 27.7 Å². The van der Waals surface area contributed by atoms with Gasteiger partial charge in [-0.25, -0.2) is 0 Å². The van der Waals surface area contributed by atoms with E-state index in [1.165, 1.54) is 0 Å². The quantitative estimate of drug-likeness (QED) is 0.816. The Morgan fingerprint density at radius 3 is 2.33 bits per heavy atom. The molecule has 1 aromatic rings. The Bertz CT molecular complexity index is 369. The molecule has 1 heterocycles. The summed E-state index contributed by atoms with van der Waals surface area (Å²) in [7, 11) is 1.58. The van der Waals surface area contributed by atoms with Gasteiger partial charge in [0.2, 0.25) is 5.88 Å². The number of nitrogens with two attached hydrogens (primary N) is 1. The van der Waals surface area contributed by atoms with Crippen molar-refractivity contribution in [2.75, 3.05) is 24.7 Å². The lowest BCUT2D eigenvalue weighted by Crippen LogP contribution is -2.24. The summed E-state index contributed by atoms with van der Waals surface area (Å²) in [6.45, 7) is 9.93. The summed E-state index contributed by atoms with van der Waals surface area (Å²) in [4.78, 5) is 4.32. The minimum atomic E-state index is 0.477. The maximum absolute atomic E-state index is 5.74. The first-order valence-electron chi connectivity index (χ1n) is 6.50. The third kappa shape index (κ3) is 3.79. The first-order chi connectivity index (χ1) is 8.45. The molecule has 0 atom stereocenters. The van der Waals surface area contributed by atoms with Crippen LogP contribution in [0.5, 0.6) is 5.88 Å². The molecule has 1 rings (SSSR count). The molecule has 1 aromatic heterocycles. The zero-order chi connectivity index (χ0) is 13.7. The number of nitrogens with one attached hydrogen (secondary N) is 1. The predicted octanol–water partition coefficient (Wildman–Crippen LogP) is 3.01. The molecule has 4 nitrogen and oxygen atoms in total. The molecule has 0 aliphatic carbocycles. The highest BCUT2D eigenvalue weighted by Gasteiger charge is 2.17. The van der Waals surface area contributed by atoms with Gasteiger partial charge in [0, 0.05) is 6.54 Å². The number of ether oxygens (including phenoxy) is 1. The highest BCUT2D eigenvalue weighted by molar-refractivity contribution is 5.53. The summed E-state index contributed by atoms with van der Waals surface area (Å²) in [5.41, 5.74) is 6.30. The summed E-state index contributed by atoms with van der Waals surface area (Å²) >= 11 is 0. The third-order valence-electron chi connectivity index (χ3n) is 3.31. The smallest absolute Gasteiger partial charge is 0.238 e. The monoisotopic (exact) mass is 251 g/mol. The van der Waals surface area contributed by atoms with Gasteiger partial charge in [0.15, 0.2) is 0 Å². The lowest BCUT2D eigenvalue weighted by Gasteiger charge is -2.25. The molecule has 0 saturated carbocycles. The highest BCUT2D eigenvalue weighted by atomic mass is 16.5. The van der Waals surface area contributed by atoms with Gasteiger partial charge in [-0.2, -0.15) is 4.98 Å². The van der Waals surface area contributed by atoms with Crippen LogP contribution in [-0.2, 0) is 0 Å². The number of aromatic nitrogens is 1. The fourth-order valence-electron chi connectivity index (χ4n) is 2.18. The first-order valence-corrected chi connectivity index (χ1v) is 6.50. The van der Waals surface area contributed by atoms with Gasteiger partial charge in [-0.15, -0.1) is 0 Å². The van der Waals surface area contributed by atoms with Crippen LogP contribution in [0.1, 0.15) is 27.7 Å². The van der Waals surface area contributed by atoms with E-state index in [9.17, 15) is 0 Å². The third-order valence-corrected chi connectivity index (χ3v) is 3.31. The van der Waals surface area contributed by atoms with Gasteiger partial charge >= 0.3 is 0 Å². The lowest BCUT2D eigenvalue weighted by atomic mass is 9.85. The topological polar surface area (TPSA) is 60.2 Å². The number of hydrogen-bond acceptors (Lipinski definition) is 4. The van der Waals surface area contributed by atoms with E-state index in [-0.39, 0.29) is 0 Å². The first kappa shape index (κ1) is 14.6. The Hall–Kier alpha value is -1.45. The van der Waals surface area contributed by atoms with Gasteiger partial charge in [0.1, 0.15) is 5.82 Å². The number of nitrogen functional groups attached to an aromatic ring is 1. The van der Waals surface area contributed by atoms with Crippen molar-refractivity contribution in [3.63, 3.8) is 0 Å². The molecule has 0 saturated heterocycles. The van der Waals surface area contributed by atoms with E-state index < -0.39 is 0 Å². The number of nitrogens with zero attached hydrogens (tertiary/aromatic N) is 1. The van der Waals surface area contributed by atoms with Crippen molar-refractivity contribution >= 4 is 11.5 Å². The molecule has 0 bridgehead atoms. The van der Waals surface area contributed by atoms with E-state index in [1.807, 2.05) is 12.1 Å². The molecule has 0 fully saturated rings. The maximum atomic E-state index is 5.74. The molecular formula is C14H25N3O. The zero-order valence-corrected chi connectivity index (χ0v) is 12.0. The molecule has 18 heavy (non-hydrogen) atoms. The Balaban J connectivity index is 2.67. The molecular weight excluding hydrogens is 226 g/mol. The number of hydrogen-bond donors (Lipinski definition) is 2. The number of anilines is 2. The van der Waals surface area contributed by atoms with Gasteiger partial charge in [0.05, 0.1) is 12.8 Å². The summed E-state index contributed by atoms with van der Waals surface area (Å²) in [6, 6.07) is 3.70. The number of methoxy groups -OCH3 is 1. The van der Waals surface area contributed by atoms with Gasteiger partial charge < -0.3 is 15.8 Å². The summed E-state index contributed by atoms with van der Waals surface area (Å²) < 4.78 is 5.11. The molecule has 0 unspecified atom stereocenters. The lowest BCUT2D eigenvalue weighted by molar-refractivity contribution is 0.304. The van der Waals surface area contributed by atoms with Crippen molar-refractivity contribution < 1.29 is 4.74 Å². The average molecular weight is 251 g/mol. The van der Waals surface area contributed by atoms with Crippen LogP contribution < -0.4 is 15.8 Å². The van der Waals surface area contributed by atoms with Gasteiger partial charge in [-0.3, -0.25) is 0 Å². The van der Waals surface area contributed by atoms with E-state index in [2.05, 4.69) is 38.0 Å². The summed E-state index contributed by atoms with van der Waals surface area (Å²) in [5.74, 6) is 3.20. The van der Waals surface area contributed by atoms with Crippen LogP contribution in [0.15, 0.2) is 12.1 Å². The fraction of sp³-hybridized carbons (Fsp3) is 0.643. The molecule has 0 aliphatic heterocycles. The second-order valence-electron chi connectivity index (χ2n) is 5.33. The van der Waals surface area contributed by atoms with Crippen molar-refractivity contribution in [3.8, 4) is 5.88 Å². The SMILES string of the molecule is COc1nc(NCC(C(C)C)C(C)C)ccc1N. The molecule has 0 aromatic carbocycles. The van der Waals surface area contributed by atoms with Crippen LogP contribution in [0.2, 0.25) is 0 Å². The molecule has 102 valence electrons. The van der Waals surface area contributed by atoms with Crippen molar-refractivity contribution in [3.05, 3.63) is 12.1 Å². The minimum absolute atomic E-state index is 0.477. The molecule has 0 radical (unpaired) electrons. The van der Waals surface area contributed by atoms with Gasteiger partial charge in [-0.05, 0) is 29.9 Å². The fourth-order valence-corrected chi connectivity index (χ4v) is 2.18. The van der Waals surface area contributed by atoms with Gasteiger partial charge in [0.25, 0.3) is 0 Å². The van der Waals surface area contributed by atoms with Crippen LogP contribution in [-0.4, -0.2) is 18.6 Å². The van der Waals surface area contributed by atoms with Crippen molar-refractivity contribution in [2.45, 2.75) is 27.7 Å². The average Bonchev–Trinajstić information content (AvgIpc) is 2.30. The Morgan fingerprint density at radius 2 is 1.83 bits per heavy atom. The zero-order valence-electron chi connectivity index (χ0n) is 12.0. The Morgan fingerprint density at radius 1 is 1.22 bits per heavy atom. The van der Waals surface area contributed by atoms with Crippen LogP contribution in [0.4, 0.5) is 11.5 Å². The Kier molecular flexibility index (Phi) is 5.25. The summed E-state index contributed by atoms with van der Waals surface area (Å²) in [6.07, 6.45) is 0. The van der Waals surface area contributed by atoms with E-state index in [4.69, 9.17) is 10.5 Å². The molecule has 3 N–H and O–H groups in total. The molecule has 0 amide bonds. The van der Waals surface area contributed by atoms with E-state index >= 15 is 0 Å². The largest absolute Gasteiger partial charge is 0.479 e. The summed E-state index contributed by atoms with van der Waals surface area (Å²) in [5, 5.41) is 3.36. The van der Waals surface area contributed by atoms with E-state index in [0.29, 0.717) is 29.3 Å².